The molecule has 2 aromatic heterocycles. The van der Waals surface area contributed by atoms with E-state index in [2.05, 4.69) is 195 Å². The highest BCUT2D eigenvalue weighted by molar-refractivity contribution is 6.05. The molecule has 0 amide bonds. The van der Waals surface area contributed by atoms with Crippen molar-refractivity contribution in [2.24, 2.45) is 0 Å². The molecule has 0 saturated heterocycles. The van der Waals surface area contributed by atoms with Gasteiger partial charge in [0.2, 0.25) is 11.8 Å². The van der Waals surface area contributed by atoms with Crippen molar-refractivity contribution in [1.82, 2.24) is 9.97 Å². The number of hydrogen-bond donors (Lipinski definition) is 0. The summed E-state index contributed by atoms with van der Waals surface area (Å²) in [6.07, 6.45) is 0. The molecular formula is C62H46N4O2. The van der Waals surface area contributed by atoms with Gasteiger partial charge in [0.15, 0.2) is 11.2 Å². The number of fused-ring (bicyclic) bond motifs is 6. The van der Waals surface area contributed by atoms with E-state index in [0.717, 1.165) is 89.7 Å². The van der Waals surface area contributed by atoms with Crippen LogP contribution < -0.4 is 9.80 Å². The monoisotopic (exact) mass is 878 g/mol. The Morgan fingerprint density at radius 3 is 1.15 bits per heavy atom. The number of hydrogen-bond acceptors (Lipinski definition) is 6. The highest BCUT2D eigenvalue weighted by atomic mass is 16.4. The first-order chi connectivity index (χ1) is 33.2. The molecule has 13 rings (SSSR count). The largest absolute Gasteiger partial charge is 0.436 e. The summed E-state index contributed by atoms with van der Waals surface area (Å²) in [4.78, 5) is 14.7. The van der Waals surface area contributed by atoms with Crippen molar-refractivity contribution in [2.75, 3.05) is 9.80 Å². The molecule has 0 saturated carbocycles. The predicted molar refractivity (Wildman–Crippen MR) is 277 cm³/mol. The van der Waals surface area contributed by atoms with Gasteiger partial charge in [-0.1, -0.05) is 149 Å². The quantitative estimate of drug-likeness (QED) is 0.166. The summed E-state index contributed by atoms with van der Waals surface area (Å²) < 4.78 is 12.5. The molecule has 0 unspecified atom stereocenters. The molecule has 2 aliphatic rings. The molecule has 6 heteroatoms. The van der Waals surface area contributed by atoms with Gasteiger partial charge in [-0.3, -0.25) is 0 Å². The summed E-state index contributed by atoms with van der Waals surface area (Å²) in [6, 6.07) is 73.7. The van der Waals surface area contributed by atoms with Gasteiger partial charge in [0, 0.05) is 27.5 Å². The Kier molecular flexibility index (Phi) is 8.80. The van der Waals surface area contributed by atoms with Crippen LogP contribution in [-0.2, 0) is 10.8 Å². The molecule has 326 valence electrons. The third-order valence-corrected chi connectivity index (χ3v) is 14.3. The molecule has 0 N–H and O–H groups in total. The number of aromatic nitrogens is 2. The zero-order chi connectivity index (χ0) is 45.7. The maximum absolute atomic E-state index is 6.30. The fourth-order valence-electron chi connectivity index (χ4n) is 10.8. The van der Waals surface area contributed by atoms with Crippen molar-refractivity contribution in [3.63, 3.8) is 0 Å². The summed E-state index contributed by atoms with van der Waals surface area (Å²) in [5.41, 5.74) is 20.6. The molecule has 4 heterocycles. The van der Waals surface area contributed by atoms with Gasteiger partial charge >= 0.3 is 0 Å². The SMILES string of the molecule is CC1(C)c2ccccc2N(c2cc(-c3ccc(-c4nc5ccccc5o4)cc3)cc(-c3ccc(-c4nc5ccccc5o4)cc3)c2N2c3ccccc3C(C)(C)c3ccccc32)c2ccccc21. The van der Waals surface area contributed by atoms with Gasteiger partial charge in [0.1, 0.15) is 11.0 Å². The van der Waals surface area contributed by atoms with Gasteiger partial charge in [-0.05, 0) is 124 Å². The maximum atomic E-state index is 6.30. The number of anilines is 6. The van der Waals surface area contributed by atoms with Gasteiger partial charge in [0.05, 0.1) is 34.1 Å². The van der Waals surface area contributed by atoms with E-state index < -0.39 is 0 Å². The first-order valence-electron chi connectivity index (χ1n) is 23.3. The molecule has 9 aromatic carbocycles. The average Bonchev–Trinajstić information content (AvgIpc) is 4.03. The van der Waals surface area contributed by atoms with Crippen LogP contribution in [0.25, 0.3) is 67.4 Å². The van der Waals surface area contributed by atoms with E-state index in [4.69, 9.17) is 18.8 Å². The molecule has 2 aliphatic heterocycles. The van der Waals surface area contributed by atoms with Crippen molar-refractivity contribution in [3.05, 3.63) is 229 Å². The number of rotatable bonds is 6. The number of benzene rings is 9. The van der Waals surface area contributed by atoms with E-state index in [-0.39, 0.29) is 10.8 Å². The van der Waals surface area contributed by atoms with E-state index >= 15 is 0 Å². The third-order valence-electron chi connectivity index (χ3n) is 14.3. The summed E-state index contributed by atoms with van der Waals surface area (Å²) in [7, 11) is 0. The summed E-state index contributed by atoms with van der Waals surface area (Å²) >= 11 is 0. The summed E-state index contributed by atoms with van der Waals surface area (Å²) in [5, 5.41) is 0. The summed E-state index contributed by atoms with van der Waals surface area (Å²) in [6.45, 7) is 9.39. The van der Waals surface area contributed by atoms with Crippen molar-refractivity contribution < 1.29 is 8.83 Å². The van der Waals surface area contributed by atoms with Crippen molar-refractivity contribution in [1.29, 1.82) is 0 Å². The molecule has 0 bridgehead atoms. The lowest BCUT2D eigenvalue weighted by Gasteiger charge is -2.46. The minimum Gasteiger partial charge on any atom is -0.436 e. The van der Waals surface area contributed by atoms with Crippen LogP contribution in [0.5, 0.6) is 0 Å². The van der Waals surface area contributed by atoms with Gasteiger partial charge in [-0.15, -0.1) is 0 Å². The van der Waals surface area contributed by atoms with Crippen LogP contribution in [0.2, 0.25) is 0 Å². The topological polar surface area (TPSA) is 58.5 Å². The lowest BCUT2D eigenvalue weighted by Crippen LogP contribution is -2.33. The Morgan fingerprint density at radius 2 is 0.706 bits per heavy atom. The first-order valence-corrected chi connectivity index (χ1v) is 23.3. The Bertz CT molecular complexity index is 3600. The van der Waals surface area contributed by atoms with Crippen molar-refractivity contribution in [3.8, 4) is 45.2 Å². The molecule has 11 aromatic rings. The molecule has 0 spiro atoms. The van der Waals surface area contributed by atoms with E-state index in [1.807, 2.05) is 48.5 Å². The Labute approximate surface area is 395 Å². The second kappa shape index (κ2) is 15.0. The molecule has 6 nitrogen and oxygen atoms in total. The van der Waals surface area contributed by atoms with Gasteiger partial charge in [-0.2, -0.15) is 0 Å². The number of para-hydroxylation sites is 8. The Balaban J connectivity index is 1.11. The Morgan fingerprint density at radius 1 is 0.338 bits per heavy atom. The molecule has 68 heavy (non-hydrogen) atoms. The molecule has 0 aliphatic carbocycles. The second-order valence-electron chi connectivity index (χ2n) is 19.0. The highest BCUT2D eigenvalue weighted by Crippen LogP contribution is 2.60. The predicted octanol–water partition coefficient (Wildman–Crippen LogP) is 16.9. The smallest absolute Gasteiger partial charge is 0.227 e. The standard InChI is InChI=1S/C62H46N4O2/c1-61(2)45-17-5-11-23-51(45)65(52-24-12-6-18-46(52)61)55-38-43(39-29-33-41(34-30-39)59-63-49-21-9-15-27-56(49)67-59)37-44(40-31-35-42(36-32-40)60-64-50-22-10-16-28-57(50)68-60)58(55)66-53-25-13-7-19-47(53)62(3,4)48-20-8-14-26-54(48)66/h5-38H,1-4H3. The van der Waals surface area contributed by atoms with Crippen LogP contribution in [0, 0.1) is 0 Å². The van der Waals surface area contributed by atoms with Crippen molar-refractivity contribution in [2.45, 2.75) is 38.5 Å². The highest BCUT2D eigenvalue weighted by Gasteiger charge is 2.42. The van der Waals surface area contributed by atoms with E-state index in [1.54, 1.807) is 0 Å². The zero-order valence-electron chi connectivity index (χ0n) is 38.2. The first kappa shape index (κ1) is 39.8. The van der Waals surface area contributed by atoms with Crippen LogP contribution in [-0.4, -0.2) is 9.97 Å². The van der Waals surface area contributed by atoms with Crippen LogP contribution in [0.3, 0.4) is 0 Å². The van der Waals surface area contributed by atoms with Crippen LogP contribution in [0.4, 0.5) is 34.1 Å². The molecular weight excluding hydrogens is 833 g/mol. The minimum absolute atomic E-state index is 0.250. The Hall–Kier alpha value is -8.48. The van der Waals surface area contributed by atoms with E-state index in [9.17, 15) is 0 Å². The van der Waals surface area contributed by atoms with Gasteiger partial charge in [0.25, 0.3) is 0 Å². The molecule has 0 atom stereocenters. The summed E-state index contributed by atoms with van der Waals surface area (Å²) in [5.74, 6) is 1.19. The van der Waals surface area contributed by atoms with E-state index in [0.29, 0.717) is 11.8 Å². The number of nitrogens with zero attached hydrogens (tertiary/aromatic N) is 4. The molecule has 0 radical (unpaired) electrons. The van der Waals surface area contributed by atoms with E-state index in [1.165, 1.54) is 22.3 Å². The minimum atomic E-state index is -0.254. The van der Waals surface area contributed by atoms with Crippen LogP contribution in [0.15, 0.2) is 215 Å². The fraction of sp³-hybridized carbons (Fsp3) is 0.0968. The van der Waals surface area contributed by atoms with Crippen LogP contribution in [0.1, 0.15) is 49.9 Å². The van der Waals surface area contributed by atoms with Crippen molar-refractivity contribution >= 4 is 56.3 Å². The van der Waals surface area contributed by atoms with Crippen LogP contribution >= 0.6 is 0 Å². The second-order valence-corrected chi connectivity index (χ2v) is 19.0. The van der Waals surface area contributed by atoms with Gasteiger partial charge in [-0.25, -0.2) is 9.97 Å². The maximum Gasteiger partial charge on any atom is 0.227 e. The normalized spacial score (nSPS) is 14.4. The average molecular weight is 879 g/mol. The molecule has 0 fully saturated rings. The third kappa shape index (κ3) is 6.10. The lowest BCUT2D eigenvalue weighted by molar-refractivity contribution is 0.619. The lowest BCUT2D eigenvalue weighted by atomic mass is 9.73. The number of oxazole rings is 2. The van der Waals surface area contributed by atoms with Gasteiger partial charge < -0.3 is 18.6 Å². The fourth-order valence-corrected chi connectivity index (χ4v) is 10.8. The zero-order valence-corrected chi connectivity index (χ0v) is 38.2.